The highest BCUT2D eigenvalue weighted by Gasteiger charge is 2.23. The molecular formula is C18H16Cl2N4OS. The van der Waals surface area contributed by atoms with Crippen LogP contribution in [0.5, 0.6) is 0 Å². The van der Waals surface area contributed by atoms with Crippen molar-refractivity contribution in [1.29, 1.82) is 0 Å². The first-order valence-electron chi connectivity index (χ1n) is 8.21. The van der Waals surface area contributed by atoms with Gasteiger partial charge >= 0.3 is 6.03 Å². The number of piperazine rings is 1. The fraction of sp³-hybridized carbons (Fsp3) is 0.222. The van der Waals surface area contributed by atoms with Crippen LogP contribution in [0.4, 0.5) is 15.6 Å². The number of thiazole rings is 1. The summed E-state index contributed by atoms with van der Waals surface area (Å²) in [6.07, 6.45) is 0. The Kier molecular flexibility index (Phi) is 4.89. The molecule has 8 heteroatoms. The largest absolute Gasteiger partial charge is 0.345 e. The van der Waals surface area contributed by atoms with Crippen LogP contribution < -0.4 is 10.2 Å². The molecule has 1 aliphatic rings. The lowest BCUT2D eigenvalue weighted by atomic mass is 10.3. The SMILES string of the molecule is O=C(Nc1ccc(Cl)cc1)N1CCN(c2nc3ccc(Cl)cc3s2)CC1. The van der Waals surface area contributed by atoms with Crippen molar-refractivity contribution in [1.82, 2.24) is 9.88 Å². The number of benzene rings is 2. The van der Waals surface area contributed by atoms with Crippen LogP contribution in [0.2, 0.25) is 10.0 Å². The second-order valence-corrected chi connectivity index (χ2v) is 7.90. The second-order valence-electron chi connectivity index (χ2n) is 6.02. The van der Waals surface area contributed by atoms with E-state index in [-0.39, 0.29) is 6.03 Å². The maximum absolute atomic E-state index is 12.4. The Morgan fingerprint density at radius 1 is 1.00 bits per heavy atom. The minimum atomic E-state index is -0.0944. The van der Waals surface area contributed by atoms with Crippen LogP contribution in [0.3, 0.4) is 0 Å². The van der Waals surface area contributed by atoms with E-state index < -0.39 is 0 Å². The number of fused-ring (bicyclic) bond motifs is 1. The number of aromatic nitrogens is 1. The third-order valence-electron chi connectivity index (χ3n) is 4.27. The Labute approximate surface area is 165 Å². The second kappa shape index (κ2) is 7.31. The molecule has 2 heterocycles. The van der Waals surface area contributed by atoms with Gasteiger partial charge in [0.1, 0.15) is 0 Å². The van der Waals surface area contributed by atoms with Gasteiger partial charge in [0.15, 0.2) is 5.13 Å². The number of carbonyl (C=O) groups excluding carboxylic acids is 1. The number of hydrogen-bond acceptors (Lipinski definition) is 4. The predicted molar refractivity (Wildman–Crippen MR) is 109 cm³/mol. The number of halogens is 2. The van der Waals surface area contributed by atoms with Gasteiger partial charge in [-0.15, -0.1) is 0 Å². The topological polar surface area (TPSA) is 48.5 Å². The van der Waals surface area contributed by atoms with E-state index in [2.05, 4.69) is 15.2 Å². The zero-order valence-corrected chi connectivity index (χ0v) is 16.1. The highest BCUT2D eigenvalue weighted by Crippen LogP contribution is 2.31. The quantitative estimate of drug-likeness (QED) is 0.654. The predicted octanol–water partition coefficient (Wildman–Crippen LogP) is 4.96. The van der Waals surface area contributed by atoms with Crippen LogP contribution in [0, 0.1) is 0 Å². The summed E-state index contributed by atoms with van der Waals surface area (Å²) >= 11 is 13.5. The summed E-state index contributed by atoms with van der Waals surface area (Å²) in [6.45, 7) is 2.80. The van der Waals surface area contributed by atoms with E-state index in [0.717, 1.165) is 39.1 Å². The van der Waals surface area contributed by atoms with Crippen molar-refractivity contribution in [2.24, 2.45) is 0 Å². The molecule has 2 amide bonds. The molecule has 2 aromatic carbocycles. The number of anilines is 2. The molecule has 1 saturated heterocycles. The molecule has 0 unspecified atom stereocenters. The smallest absolute Gasteiger partial charge is 0.321 e. The molecule has 0 spiro atoms. The van der Waals surface area contributed by atoms with E-state index in [9.17, 15) is 4.79 Å². The maximum atomic E-state index is 12.4. The van der Waals surface area contributed by atoms with Crippen LogP contribution in [0.15, 0.2) is 42.5 Å². The monoisotopic (exact) mass is 406 g/mol. The van der Waals surface area contributed by atoms with Crippen molar-refractivity contribution in [2.45, 2.75) is 0 Å². The molecule has 0 bridgehead atoms. The molecule has 5 nitrogen and oxygen atoms in total. The number of amides is 2. The van der Waals surface area contributed by atoms with Crippen LogP contribution in [-0.2, 0) is 0 Å². The number of hydrogen-bond donors (Lipinski definition) is 1. The lowest BCUT2D eigenvalue weighted by Crippen LogP contribution is -2.50. The van der Waals surface area contributed by atoms with E-state index >= 15 is 0 Å². The number of nitrogens with one attached hydrogen (secondary N) is 1. The summed E-state index contributed by atoms with van der Waals surface area (Å²) in [6, 6.07) is 12.7. The lowest BCUT2D eigenvalue weighted by Gasteiger charge is -2.34. The minimum absolute atomic E-state index is 0.0944. The van der Waals surface area contributed by atoms with Crippen LogP contribution in [-0.4, -0.2) is 42.1 Å². The third-order valence-corrected chi connectivity index (χ3v) is 5.84. The normalized spacial score (nSPS) is 14.7. The van der Waals surface area contributed by atoms with E-state index in [1.807, 2.05) is 23.1 Å². The van der Waals surface area contributed by atoms with Crippen molar-refractivity contribution in [3.05, 3.63) is 52.5 Å². The van der Waals surface area contributed by atoms with Crippen LogP contribution >= 0.6 is 34.5 Å². The van der Waals surface area contributed by atoms with E-state index in [4.69, 9.17) is 23.2 Å². The molecule has 0 atom stereocenters. The molecular weight excluding hydrogens is 391 g/mol. The lowest BCUT2D eigenvalue weighted by molar-refractivity contribution is 0.208. The number of rotatable bonds is 2. The summed E-state index contributed by atoms with van der Waals surface area (Å²) in [4.78, 5) is 21.1. The van der Waals surface area contributed by atoms with Gasteiger partial charge in [0.05, 0.1) is 10.2 Å². The van der Waals surface area contributed by atoms with Crippen molar-refractivity contribution in [2.75, 3.05) is 36.4 Å². The Hall–Kier alpha value is -2.02. The van der Waals surface area contributed by atoms with Gasteiger partial charge in [-0.2, -0.15) is 0 Å². The average Bonchev–Trinajstić information content (AvgIpc) is 3.07. The van der Waals surface area contributed by atoms with Gasteiger partial charge in [-0.3, -0.25) is 0 Å². The molecule has 26 heavy (non-hydrogen) atoms. The molecule has 4 rings (SSSR count). The molecule has 3 aromatic rings. The molecule has 1 N–H and O–H groups in total. The van der Waals surface area contributed by atoms with Gasteiger partial charge in [0.25, 0.3) is 0 Å². The first-order chi connectivity index (χ1) is 12.6. The van der Waals surface area contributed by atoms with Gasteiger partial charge < -0.3 is 15.1 Å². The van der Waals surface area contributed by atoms with E-state index in [1.54, 1.807) is 35.6 Å². The fourth-order valence-electron chi connectivity index (χ4n) is 2.86. The average molecular weight is 407 g/mol. The van der Waals surface area contributed by atoms with Crippen molar-refractivity contribution >= 4 is 61.6 Å². The number of urea groups is 1. The van der Waals surface area contributed by atoms with Gasteiger partial charge in [0.2, 0.25) is 0 Å². The molecule has 1 aliphatic heterocycles. The summed E-state index contributed by atoms with van der Waals surface area (Å²) in [5.74, 6) is 0. The Balaban J connectivity index is 1.38. The first kappa shape index (κ1) is 17.4. The van der Waals surface area contributed by atoms with E-state index in [1.165, 1.54) is 0 Å². The zero-order valence-electron chi connectivity index (χ0n) is 13.8. The summed E-state index contributed by atoms with van der Waals surface area (Å²) in [7, 11) is 0. The summed E-state index contributed by atoms with van der Waals surface area (Å²) in [5.41, 5.74) is 1.70. The number of carbonyl (C=O) groups is 1. The van der Waals surface area contributed by atoms with E-state index in [0.29, 0.717) is 18.1 Å². The third kappa shape index (κ3) is 3.72. The molecule has 1 fully saturated rings. The van der Waals surface area contributed by atoms with Crippen LogP contribution in [0.1, 0.15) is 0 Å². The Morgan fingerprint density at radius 3 is 2.42 bits per heavy atom. The van der Waals surface area contributed by atoms with Crippen LogP contribution in [0.25, 0.3) is 10.2 Å². The van der Waals surface area contributed by atoms with Gasteiger partial charge in [-0.1, -0.05) is 34.5 Å². The van der Waals surface area contributed by atoms with Gasteiger partial charge in [-0.25, -0.2) is 9.78 Å². The molecule has 134 valence electrons. The summed E-state index contributed by atoms with van der Waals surface area (Å²) in [5, 5.41) is 5.24. The van der Waals surface area contributed by atoms with Gasteiger partial charge in [0, 0.05) is 41.9 Å². The van der Waals surface area contributed by atoms with Crippen molar-refractivity contribution in [3.63, 3.8) is 0 Å². The number of nitrogens with zero attached hydrogens (tertiary/aromatic N) is 3. The molecule has 0 saturated carbocycles. The molecule has 1 aromatic heterocycles. The highest BCUT2D eigenvalue weighted by molar-refractivity contribution is 7.22. The highest BCUT2D eigenvalue weighted by atomic mass is 35.5. The Bertz CT molecular complexity index is 936. The van der Waals surface area contributed by atoms with Crippen molar-refractivity contribution < 1.29 is 4.79 Å². The fourth-order valence-corrected chi connectivity index (χ4v) is 4.28. The standard InChI is InChI=1S/C18H16Cl2N4OS/c19-12-1-4-14(5-2-12)21-17(25)23-7-9-24(10-8-23)18-22-15-6-3-13(20)11-16(15)26-18/h1-6,11H,7-10H2,(H,21,25). The van der Waals surface area contributed by atoms with Crippen molar-refractivity contribution in [3.8, 4) is 0 Å². The zero-order chi connectivity index (χ0) is 18.1. The summed E-state index contributed by atoms with van der Waals surface area (Å²) < 4.78 is 1.08. The Morgan fingerprint density at radius 2 is 1.69 bits per heavy atom. The first-order valence-corrected chi connectivity index (χ1v) is 9.78. The minimum Gasteiger partial charge on any atom is -0.345 e. The maximum Gasteiger partial charge on any atom is 0.321 e. The molecule has 0 radical (unpaired) electrons. The molecule has 0 aliphatic carbocycles. The van der Waals surface area contributed by atoms with Gasteiger partial charge in [-0.05, 0) is 42.5 Å².